The Hall–Kier alpha value is 0.270. The van der Waals surface area contributed by atoms with Gasteiger partial charge in [0.1, 0.15) is 5.82 Å². The average Bonchev–Trinajstić information content (AvgIpc) is 1.84. The van der Waals surface area contributed by atoms with Gasteiger partial charge in [0.25, 0.3) is 0 Å². The lowest BCUT2D eigenvalue weighted by molar-refractivity contribution is 0.624. The molecule has 0 bridgehead atoms. The van der Waals surface area contributed by atoms with E-state index in [9.17, 15) is 4.39 Å². The standard InChI is InChI=1S/C6H3BrClFS/c7-3-1-4(8)5(9)2-6(3)10/h1-2,10H. The molecule has 0 N–H and O–H groups in total. The summed E-state index contributed by atoms with van der Waals surface area (Å²) >= 11 is 12.6. The third kappa shape index (κ3) is 1.65. The van der Waals surface area contributed by atoms with E-state index in [1.807, 2.05) is 0 Å². The van der Waals surface area contributed by atoms with Crippen molar-refractivity contribution >= 4 is 40.2 Å². The fraction of sp³-hybridized carbons (Fsp3) is 0. The van der Waals surface area contributed by atoms with E-state index in [0.717, 1.165) is 0 Å². The number of thiol groups is 1. The van der Waals surface area contributed by atoms with Crippen molar-refractivity contribution < 1.29 is 4.39 Å². The maximum absolute atomic E-state index is 12.6. The van der Waals surface area contributed by atoms with Gasteiger partial charge in [0, 0.05) is 9.37 Å². The summed E-state index contributed by atoms with van der Waals surface area (Å²) in [4.78, 5) is 0.543. The van der Waals surface area contributed by atoms with E-state index in [-0.39, 0.29) is 5.02 Å². The molecule has 0 aliphatic carbocycles. The lowest BCUT2D eigenvalue weighted by Gasteiger charge is -1.97. The van der Waals surface area contributed by atoms with Crippen molar-refractivity contribution in [3.05, 3.63) is 27.4 Å². The van der Waals surface area contributed by atoms with Crippen LogP contribution in [0.3, 0.4) is 0 Å². The molecule has 0 amide bonds. The van der Waals surface area contributed by atoms with Crippen LogP contribution < -0.4 is 0 Å². The lowest BCUT2D eigenvalue weighted by Crippen LogP contribution is -1.77. The van der Waals surface area contributed by atoms with Gasteiger partial charge < -0.3 is 0 Å². The minimum atomic E-state index is -0.449. The van der Waals surface area contributed by atoms with E-state index >= 15 is 0 Å². The summed E-state index contributed by atoms with van der Waals surface area (Å²) in [5.74, 6) is -0.449. The quantitative estimate of drug-likeness (QED) is 0.521. The zero-order valence-corrected chi connectivity index (χ0v) is 7.97. The summed E-state index contributed by atoms with van der Waals surface area (Å²) in [6, 6.07) is 2.73. The summed E-state index contributed by atoms with van der Waals surface area (Å²) in [6.45, 7) is 0. The second-order valence-electron chi connectivity index (χ2n) is 1.72. The van der Waals surface area contributed by atoms with Crippen LogP contribution in [-0.4, -0.2) is 0 Å². The highest BCUT2D eigenvalue weighted by Gasteiger charge is 2.02. The largest absolute Gasteiger partial charge is 0.205 e. The summed E-state index contributed by atoms with van der Waals surface area (Å²) in [5.41, 5.74) is 0. The molecule has 4 heteroatoms. The van der Waals surface area contributed by atoms with Crippen LogP contribution in [0.15, 0.2) is 21.5 Å². The van der Waals surface area contributed by atoms with Crippen molar-refractivity contribution in [2.75, 3.05) is 0 Å². The van der Waals surface area contributed by atoms with Crippen LogP contribution in [0.5, 0.6) is 0 Å². The van der Waals surface area contributed by atoms with Gasteiger partial charge in [-0.2, -0.15) is 0 Å². The topological polar surface area (TPSA) is 0 Å². The van der Waals surface area contributed by atoms with E-state index in [0.29, 0.717) is 9.37 Å². The van der Waals surface area contributed by atoms with Crippen LogP contribution >= 0.6 is 40.2 Å². The fourth-order valence-electron chi connectivity index (χ4n) is 0.512. The van der Waals surface area contributed by atoms with Crippen LogP contribution in [0.25, 0.3) is 0 Å². The normalized spacial score (nSPS) is 10.0. The Morgan fingerprint density at radius 1 is 1.50 bits per heavy atom. The number of rotatable bonds is 0. The molecule has 1 rings (SSSR count). The zero-order valence-electron chi connectivity index (χ0n) is 4.74. The monoisotopic (exact) mass is 240 g/mol. The molecular weight excluding hydrogens is 238 g/mol. The molecule has 0 saturated heterocycles. The fourth-order valence-corrected chi connectivity index (χ4v) is 1.33. The molecule has 54 valence electrons. The Labute approximate surface area is 76.9 Å². The molecule has 0 atom stereocenters. The SMILES string of the molecule is Fc1cc(S)c(Br)cc1Cl. The van der Waals surface area contributed by atoms with Gasteiger partial charge in [-0.25, -0.2) is 4.39 Å². The molecule has 0 fully saturated rings. The van der Waals surface area contributed by atoms with Gasteiger partial charge in [0.05, 0.1) is 5.02 Å². The lowest BCUT2D eigenvalue weighted by atomic mass is 10.3. The number of hydrogen-bond acceptors (Lipinski definition) is 1. The molecule has 0 aromatic heterocycles. The van der Waals surface area contributed by atoms with Crippen LogP contribution in [0, 0.1) is 5.82 Å². The first kappa shape index (κ1) is 8.37. The van der Waals surface area contributed by atoms with Crippen LogP contribution in [0.4, 0.5) is 4.39 Å². The molecule has 1 aromatic rings. The minimum absolute atomic E-state index is 0.102. The van der Waals surface area contributed by atoms with Gasteiger partial charge in [0.2, 0.25) is 0 Å². The van der Waals surface area contributed by atoms with E-state index < -0.39 is 5.82 Å². The second kappa shape index (κ2) is 3.11. The highest BCUT2D eigenvalue weighted by molar-refractivity contribution is 9.10. The van der Waals surface area contributed by atoms with Crippen LogP contribution in [0.1, 0.15) is 0 Å². The van der Waals surface area contributed by atoms with E-state index in [4.69, 9.17) is 11.6 Å². The summed E-state index contributed by atoms with van der Waals surface area (Å²) in [6.07, 6.45) is 0. The molecule has 0 saturated carbocycles. The molecule has 0 unspecified atom stereocenters. The Balaban J connectivity index is 3.28. The first-order chi connectivity index (χ1) is 4.61. The van der Waals surface area contributed by atoms with Crippen LogP contribution in [-0.2, 0) is 0 Å². The summed E-state index contributed by atoms with van der Waals surface area (Å²) < 4.78 is 13.3. The van der Waals surface area contributed by atoms with Crippen molar-refractivity contribution in [1.29, 1.82) is 0 Å². The number of halogens is 3. The molecule has 0 spiro atoms. The molecule has 0 aliphatic rings. The summed E-state index contributed by atoms with van der Waals surface area (Å²) in [7, 11) is 0. The Morgan fingerprint density at radius 2 is 2.10 bits per heavy atom. The van der Waals surface area contributed by atoms with Crippen molar-refractivity contribution in [3.63, 3.8) is 0 Å². The first-order valence-corrected chi connectivity index (χ1v) is 4.06. The third-order valence-electron chi connectivity index (χ3n) is 0.990. The van der Waals surface area contributed by atoms with Gasteiger partial charge in [-0.05, 0) is 28.1 Å². The highest BCUT2D eigenvalue weighted by Crippen LogP contribution is 2.26. The second-order valence-corrected chi connectivity index (χ2v) is 3.46. The van der Waals surface area contributed by atoms with E-state index in [1.165, 1.54) is 12.1 Å². The predicted molar refractivity (Wildman–Crippen MR) is 46.4 cm³/mol. The number of benzene rings is 1. The maximum Gasteiger partial charge on any atom is 0.142 e. The molecular formula is C6H3BrClFS. The minimum Gasteiger partial charge on any atom is -0.205 e. The van der Waals surface area contributed by atoms with Gasteiger partial charge >= 0.3 is 0 Å². The molecule has 0 radical (unpaired) electrons. The van der Waals surface area contributed by atoms with Crippen molar-refractivity contribution in [2.24, 2.45) is 0 Å². The van der Waals surface area contributed by atoms with Gasteiger partial charge in [-0.3, -0.25) is 0 Å². The predicted octanol–water partition coefficient (Wildman–Crippen LogP) is 3.53. The first-order valence-electron chi connectivity index (χ1n) is 2.45. The summed E-state index contributed by atoms with van der Waals surface area (Å²) in [5, 5.41) is 0.102. The zero-order chi connectivity index (χ0) is 7.72. The smallest absolute Gasteiger partial charge is 0.142 e. The molecule has 0 heterocycles. The van der Waals surface area contributed by atoms with Gasteiger partial charge in [0.15, 0.2) is 0 Å². The molecule has 0 aliphatic heterocycles. The third-order valence-corrected chi connectivity index (χ3v) is 2.61. The molecule has 1 aromatic carbocycles. The average molecular weight is 242 g/mol. The van der Waals surface area contributed by atoms with E-state index in [1.54, 1.807) is 0 Å². The Kier molecular flexibility index (Phi) is 2.61. The maximum atomic E-state index is 12.6. The molecule has 10 heavy (non-hydrogen) atoms. The van der Waals surface area contributed by atoms with Gasteiger partial charge in [-0.1, -0.05) is 11.6 Å². The van der Waals surface area contributed by atoms with Gasteiger partial charge in [-0.15, -0.1) is 12.6 Å². The highest BCUT2D eigenvalue weighted by atomic mass is 79.9. The Bertz CT molecular complexity index is 214. The van der Waals surface area contributed by atoms with Crippen molar-refractivity contribution in [3.8, 4) is 0 Å². The van der Waals surface area contributed by atoms with E-state index in [2.05, 4.69) is 28.6 Å². The Morgan fingerprint density at radius 3 is 2.60 bits per heavy atom. The number of hydrogen-bond donors (Lipinski definition) is 1. The van der Waals surface area contributed by atoms with Crippen molar-refractivity contribution in [1.82, 2.24) is 0 Å². The van der Waals surface area contributed by atoms with Crippen molar-refractivity contribution in [2.45, 2.75) is 4.90 Å². The molecule has 0 nitrogen and oxygen atoms in total. The van der Waals surface area contributed by atoms with Crippen LogP contribution in [0.2, 0.25) is 5.02 Å².